The number of hydrogen-bond acceptors (Lipinski definition) is 11. The molecule has 0 amide bonds. The van der Waals surface area contributed by atoms with Crippen molar-refractivity contribution in [2.24, 2.45) is 0 Å². The van der Waals surface area contributed by atoms with Crippen LogP contribution in [0.1, 0.15) is 187 Å². The number of unbranched alkanes of at least 4 members (excludes halogenated alkanes) is 22. The van der Waals surface area contributed by atoms with E-state index in [-0.39, 0.29) is 19.4 Å². The van der Waals surface area contributed by atoms with Crippen LogP contribution in [0.25, 0.3) is 0 Å². The molecule has 0 aliphatic carbocycles. The Hall–Kier alpha value is -1.61. The molecule has 0 aromatic rings. The van der Waals surface area contributed by atoms with Gasteiger partial charge in [-0.2, -0.15) is 8.42 Å². The summed E-state index contributed by atoms with van der Waals surface area (Å²) >= 11 is 0. The molecule has 1 saturated heterocycles. The molecule has 1 aliphatic heterocycles. The lowest BCUT2D eigenvalue weighted by Crippen LogP contribution is -2.60. The highest BCUT2D eigenvalue weighted by Gasteiger charge is 2.46. The predicted molar refractivity (Wildman–Crippen MR) is 215 cm³/mol. The van der Waals surface area contributed by atoms with Gasteiger partial charge in [0.15, 0.2) is 12.4 Å². The molecule has 1 fully saturated rings. The SMILES string of the molecule is CCCCCCCCCCC/C=C/CCCCC(=O)O[C@H](COC(=O)CCCCCCCCCCCCCC)CO[C@H]1O[C@H](CS(=O)(=O)O)[C@@H](O)C(O)C1O. The lowest BCUT2D eigenvalue weighted by Gasteiger charge is -2.40. The number of esters is 2. The Morgan fingerprint density at radius 1 is 0.600 bits per heavy atom. The highest BCUT2D eigenvalue weighted by molar-refractivity contribution is 7.85. The Morgan fingerprint density at radius 3 is 1.55 bits per heavy atom. The maximum absolute atomic E-state index is 12.8. The zero-order valence-corrected chi connectivity index (χ0v) is 35.1. The maximum atomic E-state index is 12.8. The van der Waals surface area contributed by atoms with Gasteiger partial charge in [-0.15, -0.1) is 0 Å². The van der Waals surface area contributed by atoms with E-state index in [4.69, 9.17) is 18.9 Å². The third kappa shape index (κ3) is 28.4. The minimum atomic E-state index is -4.60. The van der Waals surface area contributed by atoms with Crippen molar-refractivity contribution in [3.05, 3.63) is 12.2 Å². The quantitative estimate of drug-likeness (QED) is 0.0206. The summed E-state index contributed by atoms with van der Waals surface area (Å²) in [5, 5.41) is 30.8. The van der Waals surface area contributed by atoms with Crippen molar-refractivity contribution < 1.29 is 56.8 Å². The first-order valence-electron chi connectivity index (χ1n) is 21.7. The van der Waals surface area contributed by atoms with E-state index >= 15 is 0 Å². The molecule has 55 heavy (non-hydrogen) atoms. The Labute approximate surface area is 333 Å². The molecule has 0 spiro atoms. The van der Waals surface area contributed by atoms with Gasteiger partial charge < -0.3 is 34.3 Å². The molecular formula is C42H78O12S. The van der Waals surface area contributed by atoms with Crippen LogP contribution in [0.3, 0.4) is 0 Å². The number of rotatable bonds is 36. The molecule has 0 aromatic carbocycles. The molecule has 13 heteroatoms. The summed E-state index contributed by atoms with van der Waals surface area (Å²) in [5.41, 5.74) is 0. The first-order valence-corrected chi connectivity index (χ1v) is 23.4. The number of carbonyl (C=O) groups is 2. The summed E-state index contributed by atoms with van der Waals surface area (Å²) in [4.78, 5) is 25.3. The molecule has 0 bridgehead atoms. The van der Waals surface area contributed by atoms with E-state index in [2.05, 4.69) is 26.0 Å². The van der Waals surface area contributed by atoms with E-state index in [1.54, 1.807) is 0 Å². The van der Waals surface area contributed by atoms with Crippen LogP contribution in [0.5, 0.6) is 0 Å². The zero-order valence-electron chi connectivity index (χ0n) is 34.3. The molecule has 1 aliphatic rings. The van der Waals surface area contributed by atoms with E-state index in [0.717, 1.165) is 38.5 Å². The van der Waals surface area contributed by atoms with E-state index in [9.17, 15) is 37.9 Å². The van der Waals surface area contributed by atoms with Crippen LogP contribution in [-0.2, 0) is 38.7 Å². The minimum Gasteiger partial charge on any atom is -0.462 e. The maximum Gasteiger partial charge on any atom is 0.306 e. The molecule has 324 valence electrons. The van der Waals surface area contributed by atoms with Gasteiger partial charge >= 0.3 is 11.9 Å². The Bertz CT molecular complexity index is 1080. The second-order valence-electron chi connectivity index (χ2n) is 15.4. The largest absolute Gasteiger partial charge is 0.462 e. The van der Waals surface area contributed by atoms with Crippen molar-refractivity contribution in [1.82, 2.24) is 0 Å². The number of aliphatic hydroxyl groups is 3. The van der Waals surface area contributed by atoms with Crippen LogP contribution in [-0.4, -0.2) is 96.0 Å². The summed E-state index contributed by atoms with van der Waals surface area (Å²) in [6.45, 7) is 3.73. The van der Waals surface area contributed by atoms with Gasteiger partial charge in [0.05, 0.1) is 6.61 Å². The second kappa shape index (κ2) is 33.4. The third-order valence-electron chi connectivity index (χ3n) is 10.1. The first-order chi connectivity index (χ1) is 26.5. The first kappa shape index (κ1) is 51.4. The molecule has 1 rings (SSSR count). The molecule has 6 atom stereocenters. The Kier molecular flexibility index (Phi) is 31.2. The molecule has 0 radical (unpaired) electrons. The van der Waals surface area contributed by atoms with Crippen LogP contribution in [0.15, 0.2) is 12.2 Å². The molecule has 1 heterocycles. The van der Waals surface area contributed by atoms with Crippen molar-refractivity contribution in [3.63, 3.8) is 0 Å². The average molecular weight is 807 g/mol. The molecule has 0 aromatic heterocycles. The fourth-order valence-corrected chi connectivity index (χ4v) is 7.36. The van der Waals surface area contributed by atoms with Gasteiger partial charge in [-0.25, -0.2) is 0 Å². The van der Waals surface area contributed by atoms with E-state index in [1.165, 1.54) is 109 Å². The van der Waals surface area contributed by atoms with Gasteiger partial charge in [-0.05, 0) is 38.5 Å². The van der Waals surface area contributed by atoms with Gasteiger partial charge in [-0.1, -0.05) is 148 Å². The van der Waals surface area contributed by atoms with Crippen LogP contribution in [0.4, 0.5) is 0 Å². The number of aliphatic hydroxyl groups excluding tert-OH is 3. The molecule has 12 nitrogen and oxygen atoms in total. The van der Waals surface area contributed by atoms with Crippen molar-refractivity contribution in [1.29, 1.82) is 0 Å². The summed E-state index contributed by atoms with van der Waals surface area (Å²) < 4.78 is 53.9. The standard InChI is InChI=1S/C42H78O12S/c1-3-5-7-9-11-13-15-17-18-19-21-23-25-27-29-31-38(44)53-35(33-52-42-41(47)40(46)39(45)36(54-42)34-55(48,49)50)32-51-37(43)30-28-26-24-22-20-16-14-12-10-8-6-4-2/h21,23,35-36,39-42,45-47H,3-20,22,24-34H2,1-2H3,(H,48,49,50)/b23-21+/t35-,36-,39-,40?,41?,42+/m1/s1. The van der Waals surface area contributed by atoms with Crippen LogP contribution in [0.2, 0.25) is 0 Å². The molecule has 2 unspecified atom stereocenters. The minimum absolute atomic E-state index is 0.138. The third-order valence-corrected chi connectivity index (χ3v) is 10.8. The monoisotopic (exact) mass is 807 g/mol. The molecule has 4 N–H and O–H groups in total. The zero-order chi connectivity index (χ0) is 40.6. The topological polar surface area (TPSA) is 186 Å². The number of ether oxygens (including phenoxy) is 4. The van der Waals surface area contributed by atoms with Crippen molar-refractivity contribution in [2.45, 2.75) is 224 Å². The molecule has 0 saturated carbocycles. The van der Waals surface area contributed by atoms with E-state index in [0.29, 0.717) is 12.8 Å². The highest BCUT2D eigenvalue weighted by atomic mass is 32.2. The number of allylic oxidation sites excluding steroid dienone is 2. The highest BCUT2D eigenvalue weighted by Crippen LogP contribution is 2.24. The Morgan fingerprint density at radius 2 is 1.04 bits per heavy atom. The summed E-state index contributed by atoms with van der Waals surface area (Å²) in [6, 6.07) is 0. The van der Waals surface area contributed by atoms with Gasteiger partial charge in [0.25, 0.3) is 10.1 Å². The fourth-order valence-electron chi connectivity index (χ4n) is 6.67. The van der Waals surface area contributed by atoms with Crippen LogP contribution in [0, 0.1) is 0 Å². The smallest absolute Gasteiger partial charge is 0.306 e. The lowest BCUT2D eigenvalue weighted by molar-refractivity contribution is -0.297. The van der Waals surface area contributed by atoms with Crippen LogP contribution >= 0.6 is 0 Å². The fraction of sp³-hybridized carbons (Fsp3) is 0.905. The Balaban J connectivity index is 2.48. The van der Waals surface area contributed by atoms with E-state index < -0.39 is 71.2 Å². The van der Waals surface area contributed by atoms with Gasteiger partial charge in [0.2, 0.25) is 0 Å². The molecular weight excluding hydrogens is 729 g/mol. The number of hydrogen-bond donors (Lipinski definition) is 4. The summed E-state index contributed by atoms with van der Waals surface area (Å²) in [6.07, 6.45) is 24.1. The van der Waals surface area contributed by atoms with Crippen molar-refractivity contribution >= 4 is 22.1 Å². The summed E-state index contributed by atoms with van der Waals surface area (Å²) in [7, 11) is -4.60. The van der Waals surface area contributed by atoms with Gasteiger partial charge in [0, 0.05) is 12.8 Å². The average Bonchev–Trinajstić information content (AvgIpc) is 3.14. The van der Waals surface area contributed by atoms with E-state index in [1.807, 2.05) is 0 Å². The van der Waals surface area contributed by atoms with Crippen LogP contribution < -0.4 is 0 Å². The van der Waals surface area contributed by atoms with Crippen molar-refractivity contribution in [2.75, 3.05) is 19.0 Å². The van der Waals surface area contributed by atoms with Gasteiger partial charge in [0.1, 0.15) is 36.8 Å². The second-order valence-corrected chi connectivity index (χ2v) is 16.9. The predicted octanol–water partition coefficient (Wildman–Crippen LogP) is 8.28. The summed E-state index contributed by atoms with van der Waals surface area (Å²) in [5.74, 6) is -2.00. The van der Waals surface area contributed by atoms with Crippen molar-refractivity contribution in [3.8, 4) is 0 Å². The lowest BCUT2D eigenvalue weighted by atomic mass is 10.00. The normalized spacial score (nSPS) is 20.9. The number of carbonyl (C=O) groups excluding carboxylic acids is 2. The van der Waals surface area contributed by atoms with Gasteiger partial charge in [-0.3, -0.25) is 14.1 Å².